The van der Waals surface area contributed by atoms with Gasteiger partial charge in [-0.05, 0) is 27.6 Å². The van der Waals surface area contributed by atoms with Crippen LogP contribution in [0.3, 0.4) is 0 Å². The number of aliphatic carboxylic acids is 1. The van der Waals surface area contributed by atoms with E-state index in [-0.39, 0.29) is 16.6 Å². The molecule has 0 atom stereocenters. The first kappa shape index (κ1) is 13.5. The molecule has 0 radical (unpaired) electrons. The first-order chi connectivity index (χ1) is 7.45. The van der Waals surface area contributed by atoms with Crippen molar-refractivity contribution in [1.29, 1.82) is 0 Å². The van der Waals surface area contributed by atoms with E-state index < -0.39 is 18.8 Å². The van der Waals surface area contributed by atoms with Gasteiger partial charge >= 0.3 is 5.97 Å². The second-order valence-electron chi connectivity index (χ2n) is 2.97. The number of aromatic nitrogens is 1. The number of nitrogens with zero attached hydrogens (tertiary/aromatic N) is 1. The van der Waals surface area contributed by atoms with Crippen molar-refractivity contribution in [3.8, 4) is 0 Å². The van der Waals surface area contributed by atoms with Crippen molar-refractivity contribution in [2.75, 3.05) is 0 Å². The van der Waals surface area contributed by atoms with E-state index in [1.165, 1.54) is 6.07 Å². The first-order valence-electron chi connectivity index (χ1n) is 4.19. The minimum Gasteiger partial charge on any atom is -0.481 e. The molecule has 16 heavy (non-hydrogen) atoms. The summed E-state index contributed by atoms with van der Waals surface area (Å²) in [5, 5.41) is 8.84. The Kier molecular flexibility index (Phi) is 4.79. The van der Waals surface area contributed by atoms with Crippen LogP contribution in [0.25, 0.3) is 0 Å². The zero-order chi connectivity index (χ0) is 12.3. The minimum atomic E-state index is -2.73. The van der Waals surface area contributed by atoms with Crippen LogP contribution in [0.4, 0.5) is 8.78 Å². The number of halogens is 4. The van der Waals surface area contributed by atoms with Crippen LogP contribution in [0.1, 0.15) is 23.2 Å². The average Bonchev–Trinajstić information content (AvgIpc) is 2.14. The van der Waals surface area contributed by atoms with Crippen LogP contribution < -0.4 is 0 Å². The average molecular weight is 359 g/mol. The maximum absolute atomic E-state index is 12.8. The molecule has 88 valence electrons. The molecule has 1 heterocycles. The third-order valence-electron chi connectivity index (χ3n) is 1.87. The molecule has 0 saturated heterocycles. The van der Waals surface area contributed by atoms with E-state index in [2.05, 4.69) is 36.8 Å². The molecule has 0 amide bonds. The van der Waals surface area contributed by atoms with E-state index >= 15 is 0 Å². The van der Waals surface area contributed by atoms with Gasteiger partial charge in [-0.1, -0.05) is 15.9 Å². The van der Waals surface area contributed by atoms with Gasteiger partial charge in [-0.25, -0.2) is 13.8 Å². The molecule has 3 nitrogen and oxygen atoms in total. The highest BCUT2D eigenvalue weighted by Crippen LogP contribution is 2.29. The van der Waals surface area contributed by atoms with E-state index in [9.17, 15) is 13.6 Å². The van der Waals surface area contributed by atoms with Gasteiger partial charge in [0.2, 0.25) is 0 Å². The monoisotopic (exact) mass is 357 g/mol. The number of pyridine rings is 1. The van der Waals surface area contributed by atoms with E-state index in [0.717, 1.165) is 0 Å². The van der Waals surface area contributed by atoms with E-state index in [1.807, 2.05) is 0 Å². The maximum atomic E-state index is 12.8. The van der Waals surface area contributed by atoms with Gasteiger partial charge in [-0.3, -0.25) is 4.79 Å². The van der Waals surface area contributed by atoms with Crippen LogP contribution in [0.2, 0.25) is 0 Å². The van der Waals surface area contributed by atoms with Crippen molar-refractivity contribution in [3.05, 3.63) is 27.5 Å². The normalized spacial score (nSPS) is 10.8. The van der Waals surface area contributed by atoms with Gasteiger partial charge in [-0.15, -0.1) is 0 Å². The van der Waals surface area contributed by atoms with Crippen LogP contribution in [-0.2, 0) is 16.5 Å². The Morgan fingerprint density at radius 1 is 1.56 bits per heavy atom. The van der Waals surface area contributed by atoms with E-state index in [0.29, 0.717) is 10.2 Å². The van der Waals surface area contributed by atoms with Crippen molar-refractivity contribution >= 4 is 37.8 Å². The predicted octanol–water partition coefficient (Wildman–Crippen LogP) is 3.30. The molecule has 0 unspecified atom stereocenters. The predicted molar refractivity (Wildman–Crippen MR) is 60.9 cm³/mol. The fraction of sp³-hybridized carbons (Fsp3) is 0.333. The SMILES string of the molecule is O=C(O)Cc1nc(Br)cc(CBr)c1C(F)F. The lowest BCUT2D eigenvalue weighted by Crippen LogP contribution is -2.09. The second kappa shape index (κ2) is 5.67. The fourth-order valence-corrected chi connectivity index (χ4v) is 2.24. The van der Waals surface area contributed by atoms with Gasteiger partial charge in [0.15, 0.2) is 0 Å². The molecule has 0 fully saturated rings. The Balaban J connectivity index is 3.32. The smallest absolute Gasteiger partial charge is 0.309 e. The number of carboxylic acid groups (broad SMARTS) is 1. The summed E-state index contributed by atoms with van der Waals surface area (Å²) in [6.45, 7) is 0. The number of carboxylic acids is 1. The van der Waals surface area contributed by atoms with Crippen LogP contribution in [0, 0.1) is 0 Å². The van der Waals surface area contributed by atoms with Gasteiger partial charge in [0.25, 0.3) is 6.43 Å². The van der Waals surface area contributed by atoms with Crippen LogP contribution >= 0.6 is 31.9 Å². The highest BCUT2D eigenvalue weighted by atomic mass is 79.9. The molecule has 1 aromatic heterocycles. The molecule has 0 saturated carbocycles. The topological polar surface area (TPSA) is 50.2 Å². The van der Waals surface area contributed by atoms with Gasteiger partial charge in [0.05, 0.1) is 12.1 Å². The molecule has 0 bridgehead atoms. The van der Waals surface area contributed by atoms with Crippen LogP contribution in [0.15, 0.2) is 10.7 Å². The molecule has 0 spiro atoms. The molecular weight excluding hydrogens is 352 g/mol. The zero-order valence-corrected chi connectivity index (χ0v) is 11.1. The maximum Gasteiger partial charge on any atom is 0.309 e. The van der Waals surface area contributed by atoms with Crippen molar-refractivity contribution in [3.63, 3.8) is 0 Å². The molecule has 7 heteroatoms. The van der Waals surface area contributed by atoms with Crippen molar-refractivity contribution in [2.45, 2.75) is 18.2 Å². The number of hydrogen-bond acceptors (Lipinski definition) is 2. The lowest BCUT2D eigenvalue weighted by Gasteiger charge is -2.11. The minimum absolute atomic E-state index is 0.105. The third-order valence-corrected chi connectivity index (χ3v) is 2.88. The second-order valence-corrected chi connectivity index (χ2v) is 4.34. The van der Waals surface area contributed by atoms with Crippen molar-refractivity contribution in [2.24, 2.45) is 0 Å². The Morgan fingerprint density at radius 2 is 2.19 bits per heavy atom. The highest BCUT2D eigenvalue weighted by molar-refractivity contribution is 9.10. The summed E-state index contributed by atoms with van der Waals surface area (Å²) in [6.07, 6.45) is -3.25. The summed E-state index contributed by atoms with van der Waals surface area (Å²) in [7, 11) is 0. The third kappa shape index (κ3) is 3.21. The largest absolute Gasteiger partial charge is 0.481 e. The van der Waals surface area contributed by atoms with Gasteiger partial charge in [0, 0.05) is 10.9 Å². The van der Waals surface area contributed by atoms with E-state index in [1.54, 1.807) is 0 Å². The summed E-state index contributed by atoms with van der Waals surface area (Å²) in [4.78, 5) is 14.3. The Labute approximate surface area is 107 Å². The zero-order valence-electron chi connectivity index (χ0n) is 7.88. The molecule has 0 aliphatic heterocycles. The summed E-state index contributed by atoms with van der Waals surface area (Å²) in [5.41, 5.74) is -0.0677. The number of rotatable bonds is 4. The quantitative estimate of drug-likeness (QED) is 0.663. The lowest BCUT2D eigenvalue weighted by molar-refractivity contribution is -0.136. The Hall–Kier alpha value is -0.560. The fourth-order valence-electron chi connectivity index (χ4n) is 1.28. The van der Waals surface area contributed by atoms with Crippen molar-refractivity contribution < 1.29 is 18.7 Å². The summed E-state index contributed by atoms with van der Waals surface area (Å²) in [5.74, 6) is -1.19. The van der Waals surface area contributed by atoms with Gasteiger partial charge in [0.1, 0.15) is 4.60 Å². The van der Waals surface area contributed by atoms with E-state index in [4.69, 9.17) is 5.11 Å². The lowest BCUT2D eigenvalue weighted by atomic mass is 10.1. The number of carbonyl (C=O) groups is 1. The number of alkyl halides is 3. The van der Waals surface area contributed by atoms with Crippen LogP contribution in [0.5, 0.6) is 0 Å². The van der Waals surface area contributed by atoms with Crippen molar-refractivity contribution in [1.82, 2.24) is 4.98 Å². The summed E-state index contributed by atoms with van der Waals surface area (Å²) < 4.78 is 25.9. The molecule has 1 rings (SSSR count). The Morgan fingerprint density at radius 3 is 2.62 bits per heavy atom. The summed E-state index contributed by atoms with van der Waals surface area (Å²) >= 11 is 6.14. The van der Waals surface area contributed by atoms with Crippen LogP contribution in [-0.4, -0.2) is 16.1 Å². The van der Waals surface area contributed by atoms with Gasteiger partial charge < -0.3 is 5.11 Å². The first-order valence-corrected chi connectivity index (χ1v) is 6.11. The molecular formula is C9H7Br2F2NO2. The molecule has 1 N–H and O–H groups in total. The summed E-state index contributed by atoms with van der Waals surface area (Å²) in [6, 6.07) is 1.45. The number of hydrogen-bond donors (Lipinski definition) is 1. The van der Waals surface area contributed by atoms with Gasteiger partial charge in [-0.2, -0.15) is 0 Å². The molecule has 0 aliphatic carbocycles. The molecule has 0 aromatic carbocycles. The standard InChI is InChI=1S/C9H7Br2F2NO2/c10-3-4-1-6(11)14-5(2-7(15)16)8(4)9(12)13/h1,9H,2-3H2,(H,15,16). The highest BCUT2D eigenvalue weighted by Gasteiger charge is 2.21. The molecule has 1 aromatic rings. The molecule has 0 aliphatic rings. The Bertz CT molecular complexity index is 413.